The van der Waals surface area contributed by atoms with Crippen LogP contribution in [-0.4, -0.2) is 21.7 Å². The van der Waals surface area contributed by atoms with Crippen molar-refractivity contribution in [3.05, 3.63) is 22.2 Å². The van der Waals surface area contributed by atoms with Gasteiger partial charge < -0.3 is 21.3 Å². The van der Waals surface area contributed by atoms with E-state index in [-0.39, 0.29) is 34.5 Å². The third-order valence-corrected chi connectivity index (χ3v) is 3.27. The monoisotopic (exact) mass is 349 g/mol. The van der Waals surface area contributed by atoms with Crippen LogP contribution in [0, 0.1) is 11.3 Å². The number of hydrogen-bond acceptors (Lipinski definition) is 7. The Morgan fingerprint density at radius 3 is 2.71 bits per heavy atom. The molecule has 5 N–H and O–H groups in total. The Balaban J connectivity index is 2.70. The second-order valence-corrected chi connectivity index (χ2v) is 4.89. The lowest BCUT2D eigenvalue weighted by Crippen LogP contribution is -2.05. The lowest BCUT2D eigenvalue weighted by atomic mass is 10.1. The van der Waals surface area contributed by atoms with Crippen LogP contribution in [0.4, 0.5) is 11.8 Å². The predicted molar refractivity (Wildman–Crippen MR) is 81.5 cm³/mol. The molecule has 2 rings (SSSR count). The fourth-order valence-electron chi connectivity index (χ4n) is 1.79. The normalized spacial score (nSPS) is 10.1. The van der Waals surface area contributed by atoms with E-state index in [1.54, 1.807) is 19.1 Å². The van der Waals surface area contributed by atoms with Gasteiger partial charge >= 0.3 is 0 Å². The molecule has 1 heterocycles. The van der Waals surface area contributed by atoms with Gasteiger partial charge in [-0.1, -0.05) is 0 Å². The molecule has 8 heteroatoms. The van der Waals surface area contributed by atoms with Gasteiger partial charge in [0.25, 0.3) is 0 Å². The van der Waals surface area contributed by atoms with Crippen molar-refractivity contribution in [1.29, 1.82) is 5.26 Å². The fourth-order valence-corrected chi connectivity index (χ4v) is 2.23. The van der Waals surface area contributed by atoms with Crippen LogP contribution in [0.15, 0.2) is 16.6 Å². The number of rotatable bonds is 3. The van der Waals surface area contributed by atoms with E-state index in [2.05, 4.69) is 25.9 Å². The number of phenolic OH excluding ortho intramolecular Hbond substituents is 1. The van der Waals surface area contributed by atoms with E-state index in [1.165, 1.54) is 0 Å². The molecule has 0 atom stereocenters. The summed E-state index contributed by atoms with van der Waals surface area (Å²) in [5.74, 6) is 0.196. The number of nitrogen functional groups attached to an aromatic ring is 2. The highest BCUT2D eigenvalue weighted by Crippen LogP contribution is 2.39. The van der Waals surface area contributed by atoms with Crippen molar-refractivity contribution in [3.8, 4) is 28.8 Å². The molecule has 0 fully saturated rings. The molecular formula is C13H12BrN5O2. The Bertz CT molecular complexity index is 742. The minimum Gasteiger partial charge on any atom is -0.503 e. The summed E-state index contributed by atoms with van der Waals surface area (Å²) < 4.78 is 5.75. The van der Waals surface area contributed by atoms with Gasteiger partial charge in [-0.25, -0.2) is 4.98 Å². The molecule has 0 aliphatic heterocycles. The maximum Gasteiger partial charge on any atom is 0.222 e. The summed E-state index contributed by atoms with van der Waals surface area (Å²) in [4.78, 5) is 7.81. The standard InChI is InChI=1S/C13H12BrN5O2/c1-2-21-9-4-6(3-8(14)11(9)20)10-7(5-15)12(16)19-13(17)18-10/h3-4,20H,2H2,1H3,(H4,16,17,18,19). The van der Waals surface area contributed by atoms with E-state index in [9.17, 15) is 10.4 Å². The summed E-state index contributed by atoms with van der Waals surface area (Å²) in [6.45, 7) is 2.17. The quantitative estimate of drug-likeness (QED) is 0.772. The van der Waals surface area contributed by atoms with Crippen molar-refractivity contribution in [3.63, 3.8) is 0 Å². The topological polar surface area (TPSA) is 131 Å². The van der Waals surface area contributed by atoms with Crippen molar-refractivity contribution in [2.45, 2.75) is 6.92 Å². The van der Waals surface area contributed by atoms with Gasteiger partial charge in [0.15, 0.2) is 11.5 Å². The number of nitrogens with zero attached hydrogens (tertiary/aromatic N) is 3. The summed E-state index contributed by atoms with van der Waals surface area (Å²) >= 11 is 3.23. The Morgan fingerprint density at radius 1 is 1.38 bits per heavy atom. The van der Waals surface area contributed by atoms with Crippen LogP contribution < -0.4 is 16.2 Å². The van der Waals surface area contributed by atoms with Crippen LogP contribution in [0.25, 0.3) is 11.3 Å². The molecule has 0 saturated heterocycles. The minimum absolute atomic E-state index is 0.00200. The van der Waals surface area contributed by atoms with E-state index in [4.69, 9.17) is 16.2 Å². The highest BCUT2D eigenvalue weighted by Gasteiger charge is 2.17. The number of nitriles is 1. The first-order valence-electron chi connectivity index (χ1n) is 5.96. The smallest absolute Gasteiger partial charge is 0.222 e. The number of aromatic nitrogens is 2. The molecule has 0 saturated carbocycles. The van der Waals surface area contributed by atoms with Crippen LogP contribution in [0.5, 0.6) is 11.5 Å². The van der Waals surface area contributed by atoms with Crippen LogP contribution >= 0.6 is 15.9 Å². The van der Waals surface area contributed by atoms with Gasteiger partial charge in [-0.05, 0) is 35.0 Å². The molecule has 7 nitrogen and oxygen atoms in total. The summed E-state index contributed by atoms with van der Waals surface area (Å²) in [5.41, 5.74) is 12.2. The zero-order valence-electron chi connectivity index (χ0n) is 11.1. The lowest BCUT2D eigenvalue weighted by Gasteiger charge is -2.11. The minimum atomic E-state index is -0.0383. The summed E-state index contributed by atoms with van der Waals surface area (Å²) in [7, 11) is 0. The molecule has 0 amide bonds. The van der Waals surface area contributed by atoms with E-state index >= 15 is 0 Å². The van der Waals surface area contributed by atoms with Gasteiger partial charge in [0.2, 0.25) is 5.95 Å². The van der Waals surface area contributed by atoms with E-state index < -0.39 is 0 Å². The molecule has 0 radical (unpaired) electrons. The van der Waals surface area contributed by atoms with Crippen molar-refractivity contribution in [1.82, 2.24) is 9.97 Å². The van der Waals surface area contributed by atoms with Crippen LogP contribution in [0.1, 0.15) is 12.5 Å². The number of benzene rings is 1. The van der Waals surface area contributed by atoms with Gasteiger partial charge in [-0.3, -0.25) is 0 Å². The molecule has 0 aliphatic carbocycles. The van der Waals surface area contributed by atoms with Gasteiger partial charge in [-0.2, -0.15) is 10.2 Å². The Hall–Kier alpha value is -2.53. The SMILES string of the molecule is CCOc1cc(-c2nc(N)nc(N)c2C#N)cc(Br)c1O. The first-order valence-corrected chi connectivity index (χ1v) is 6.76. The zero-order chi connectivity index (χ0) is 15.6. The van der Waals surface area contributed by atoms with Gasteiger partial charge in [0.1, 0.15) is 17.5 Å². The van der Waals surface area contributed by atoms with Crippen molar-refractivity contribution < 1.29 is 9.84 Å². The highest BCUT2D eigenvalue weighted by atomic mass is 79.9. The molecule has 21 heavy (non-hydrogen) atoms. The average Bonchev–Trinajstić information content (AvgIpc) is 2.43. The summed E-state index contributed by atoms with van der Waals surface area (Å²) in [5, 5.41) is 19.1. The number of aromatic hydroxyl groups is 1. The number of halogens is 1. The molecule has 108 valence electrons. The van der Waals surface area contributed by atoms with Gasteiger partial charge in [-0.15, -0.1) is 0 Å². The highest BCUT2D eigenvalue weighted by molar-refractivity contribution is 9.10. The van der Waals surface area contributed by atoms with E-state index in [0.29, 0.717) is 16.6 Å². The van der Waals surface area contributed by atoms with Gasteiger partial charge in [0.05, 0.1) is 16.8 Å². The maximum absolute atomic E-state index is 9.92. The number of ether oxygens (including phenoxy) is 1. The molecular weight excluding hydrogens is 338 g/mol. The third-order valence-electron chi connectivity index (χ3n) is 2.67. The maximum atomic E-state index is 9.92. The van der Waals surface area contributed by atoms with E-state index in [0.717, 1.165) is 0 Å². The summed E-state index contributed by atoms with van der Waals surface area (Å²) in [6, 6.07) is 5.11. The Morgan fingerprint density at radius 2 is 2.10 bits per heavy atom. The number of nitrogens with two attached hydrogens (primary N) is 2. The van der Waals surface area contributed by atoms with Crippen LogP contribution in [0.3, 0.4) is 0 Å². The van der Waals surface area contributed by atoms with Crippen LogP contribution in [0.2, 0.25) is 0 Å². The second kappa shape index (κ2) is 5.85. The molecule has 1 aromatic carbocycles. The van der Waals surface area contributed by atoms with Gasteiger partial charge in [0, 0.05) is 5.56 Å². The van der Waals surface area contributed by atoms with E-state index in [1.807, 2.05) is 6.07 Å². The largest absolute Gasteiger partial charge is 0.503 e. The Kier molecular flexibility index (Phi) is 4.14. The average molecular weight is 350 g/mol. The zero-order valence-corrected chi connectivity index (χ0v) is 12.7. The number of anilines is 2. The number of hydrogen-bond donors (Lipinski definition) is 3. The van der Waals surface area contributed by atoms with Crippen molar-refractivity contribution in [2.75, 3.05) is 18.1 Å². The Labute approximate surface area is 129 Å². The molecule has 2 aromatic rings. The van der Waals surface area contributed by atoms with Crippen molar-refractivity contribution in [2.24, 2.45) is 0 Å². The number of phenols is 1. The molecule has 0 unspecified atom stereocenters. The fraction of sp³-hybridized carbons (Fsp3) is 0.154. The first kappa shape index (κ1) is 14.9. The lowest BCUT2D eigenvalue weighted by molar-refractivity contribution is 0.317. The molecule has 0 spiro atoms. The molecule has 0 aliphatic rings. The second-order valence-electron chi connectivity index (χ2n) is 4.04. The predicted octanol–water partition coefficient (Wildman–Crippen LogP) is 2.05. The van der Waals surface area contributed by atoms with Crippen LogP contribution in [-0.2, 0) is 0 Å². The molecule has 1 aromatic heterocycles. The summed E-state index contributed by atoms with van der Waals surface area (Å²) in [6.07, 6.45) is 0. The third kappa shape index (κ3) is 2.83. The first-order chi connectivity index (χ1) is 9.97. The molecule has 0 bridgehead atoms. The van der Waals surface area contributed by atoms with Crippen molar-refractivity contribution >= 4 is 27.7 Å².